The second-order valence-electron chi connectivity index (χ2n) is 5.79. The highest BCUT2D eigenvalue weighted by atomic mass is 15.0. The summed E-state index contributed by atoms with van der Waals surface area (Å²) in [4.78, 5) is 5.69. The van der Waals surface area contributed by atoms with Crippen molar-refractivity contribution in [1.82, 2.24) is 9.88 Å². The van der Waals surface area contributed by atoms with Crippen molar-refractivity contribution in [2.24, 2.45) is 0 Å². The van der Waals surface area contributed by atoms with E-state index in [1.54, 1.807) is 0 Å². The molecular weight excluding hydrogens is 256 g/mol. The molecule has 0 aliphatic carbocycles. The lowest BCUT2D eigenvalue weighted by atomic mass is 9.98. The molecule has 1 aromatic heterocycles. The molecule has 0 bridgehead atoms. The molecular formula is C19H22N2. The van der Waals surface area contributed by atoms with Crippen molar-refractivity contribution in [3.63, 3.8) is 0 Å². The van der Waals surface area contributed by atoms with Crippen molar-refractivity contribution < 1.29 is 0 Å². The zero-order valence-electron chi connectivity index (χ0n) is 13.0. The Labute approximate surface area is 126 Å². The number of aryl methyl sites for hydroxylation is 1. The molecule has 0 unspecified atom stereocenters. The van der Waals surface area contributed by atoms with Gasteiger partial charge in [0.1, 0.15) is 0 Å². The summed E-state index contributed by atoms with van der Waals surface area (Å²) in [5.74, 6) is 0. The molecule has 3 aromatic rings. The fraction of sp³-hybridized carbons (Fsp3) is 0.263. The molecule has 0 radical (unpaired) electrons. The van der Waals surface area contributed by atoms with Crippen LogP contribution in [-0.2, 0) is 13.0 Å². The summed E-state index contributed by atoms with van der Waals surface area (Å²) in [5, 5.41) is 1.32. The van der Waals surface area contributed by atoms with Crippen LogP contribution in [0.15, 0.2) is 48.7 Å². The molecule has 108 valence electrons. The van der Waals surface area contributed by atoms with Crippen LogP contribution in [0.3, 0.4) is 0 Å². The zero-order chi connectivity index (χ0) is 14.8. The van der Waals surface area contributed by atoms with Gasteiger partial charge in [0.2, 0.25) is 0 Å². The molecule has 1 heterocycles. The molecule has 0 spiro atoms. The highest BCUT2D eigenvalue weighted by Crippen LogP contribution is 2.32. The number of nitrogens with one attached hydrogen (secondary N) is 1. The largest absolute Gasteiger partial charge is 0.360 e. The summed E-state index contributed by atoms with van der Waals surface area (Å²) in [7, 11) is 4.22. The Morgan fingerprint density at radius 2 is 1.67 bits per heavy atom. The average Bonchev–Trinajstić information content (AvgIpc) is 2.91. The number of hydrogen-bond acceptors (Lipinski definition) is 1. The van der Waals surface area contributed by atoms with Crippen LogP contribution in [0.25, 0.3) is 22.0 Å². The van der Waals surface area contributed by atoms with Gasteiger partial charge in [-0.1, -0.05) is 49.4 Å². The molecule has 0 aliphatic rings. The summed E-state index contributed by atoms with van der Waals surface area (Å²) in [6.07, 6.45) is 3.20. The van der Waals surface area contributed by atoms with E-state index in [0.29, 0.717) is 0 Å². The van der Waals surface area contributed by atoms with Crippen LogP contribution < -0.4 is 0 Å². The van der Waals surface area contributed by atoms with E-state index in [9.17, 15) is 0 Å². The molecule has 0 fully saturated rings. The van der Waals surface area contributed by atoms with E-state index in [0.717, 1.165) is 13.0 Å². The summed E-state index contributed by atoms with van der Waals surface area (Å²) in [6.45, 7) is 3.16. The second kappa shape index (κ2) is 5.74. The van der Waals surface area contributed by atoms with Gasteiger partial charge < -0.3 is 9.88 Å². The van der Waals surface area contributed by atoms with Gasteiger partial charge in [-0.2, -0.15) is 0 Å². The monoisotopic (exact) mass is 278 g/mol. The van der Waals surface area contributed by atoms with Gasteiger partial charge in [-0.25, -0.2) is 0 Å². The highest BCUT2D eigenvalue weighted by molar-refractivity contribution is 5.97. The Balaban J connectivity index is 2.17. The van der Waals surface area contributed by atoms with Crippen LogP contribution in [0.1, 0.15) is 18.1 Å². The maximum absolute atomic E-state index is 3.47. The van der Waals surface area contributed by atoms with Gasteiger partial charge in [0.05, 0.1) is 0 Å². The Morgan fingerprint density at radius 1 is 0.905 bits per heavy atom. The zero-order valence-corrected chi connectivity index (χ0v) is 13.0. The first kappa shape index (κ1) is 13.9. The van der Waals surface area contributed by atoms with Crippen molar-refractivity contribution in [3.05, 3.63) is 59.8 Å². The van der Waals surface area contributed by atoms with Crippen molar-refractivity contribution in [1.29, 1.82) is 0 Å². The molecule has 3 rings (SSSR count). The fourth-order valence-corrected chi connectivity index (χ4v) is 3.00. The van der Waals surface area contributed by atoms with E-state index < -0.39 is 0 Å². The fourth-order valence-electron chi connectivity index (χ4n) is 3.00. The second-order valence-corrected chi connectivity index (χ2v) is 5.79. The maximum Gasteiger partial charge on any atom is 0.0492 e. The van der Waals surface area contributed by atoms with Gasteiger partial charge >= 0.3 is 0 Å². The molecule has 0 aliphatic heterocycles. The SMILES string of the molecule is CCc1cccc2c(-c3ccccc3CN(C)C)c[nH]c12. The third-order valence-corrected chi connectivity index (χ3v) is 3.98. The minimum Gasteiger partial charge on any atom is -0.360 e. The lowest BCUT2D eigenvalue weighted by molar-refractivity contribution is 0.403. The van der Waals surface area contributed by atoms with Gasteiger partial charge in [-0.05, 0) is 37.2 Å². The minimum absolute atomic E-state index is 0.955. The molecule has 0 saturated carbocycles. The predicted octanol–water partition coefficient (Wildman–Crippen LogP) is 4.46. The van der Waals surface area contributed by atoms with E-state index in [2.05, 4.69) is 79.6 Å². The average molecular weight is 278 g/mol. The van der Waals surface area contributed by atoms with Gasteiger partial charge in [0.15, 0.2) is 0 Å². The number of aromatic amines is 1. The summed E-state index contributed by atoms with van der Waals surface area (Å²) >= 11 is 0. The number of nitrogens with zero attached hydrogens (tertiary/aromatic N) is 1. The summed E-state index contributed by atoms with van der Waals surface area (Å²) in [5.41, 5.74) is 6.65. The van der Waals surface area contributed by atoms with E-state index in [4.69, 9.17) is 0 Å². The maximum atomic E-state index is 3.47. The third kappa shape index (κ3) is 2.59. The van der Waals surface area contributed by atoms with E-state index in [1.165, 1.54) is 33.2 Å². The topological polar surface area (TPSA) is 19.0 Å². The third-order valence-electron chi connectivity index (χ3n) is 3.98. The first-order chi connectivity index (χ1) is 10.2. The highest BCUT2D eigenvalue weighted by Gasteiger charge is 2.11. The Bertz CT molecular complexity index is 753. The number of benzene rings is 2. The summed E-state index contributed by atoms with van der Waals surface area (Å²) in [6, 6.07) is 15.3. The Hall–Kier alpha value is -2.06. The first-order valence-corrected chi connectivity index (χ1v) is 7.52. The number of aromatic nitrogens is 1. The van der Waals surface area contributed by atoms with Crippen LogP contribution in [0.5, 0.6) is 0 Å². The number of H-pyrrole nitrogens is 1. The number of rotatable bonds is 4. The normalized spacial score (nSPS) is 11.4. The van der Waals surface area contributed by atoms with Crippen LogP contribution >= 0.6 is 0 Å². The molecule has 2 aromatic carbocycles. The lowest BCUT2D eigenvalue weighted by Gasteiger charge is -2.14. The van der Waals surface area contributed by atoms with Crippen molar-refractivity contribution >= 4 is 10.9 Å². The van der Waals surface area contributed by atoms with Crippen LogP contribution in [0.2, 0.25) is 0 Å². The molecule has 0 amide bonds. The van der Waals surface area contributed by atoms with Crippen molar-refractivity contribution in [3.8, 4) is 11.1 Å². The molecule has 0 saturated heterocycles. The molecule has 1 N–H and O–H groups in total. The molecule has 21 heavy (non-hydrogen) atoms. The van der Waals surface area contributed by atoms with Crippen LogP contribution in [-0.4, -0.2) is 24.0 Å². The number of fused-ring (bicyclic) bond motifs is 1. The van der Waals surface area contributed by atoms with E-state index in [-0.39, 0.29) is 0 Å². The summed E-state index contributed by atoms with van der Waals surface area (Å²) < 4.78 is 0. The van der Waals surface area contributed by atoms with Crippen LogP contribution in [0, 0.1) is 0 Å². The quantitative estimate of drug-likeness (QED) is 0.746. The van der Waals surface area contributed by atoms with Gasteiger partial charge in [-0.15, -0.1) is 0 Å². The van der Waals surface area contributed by atoms with Crippen molar-refractivity contribution in [2.75, 3.05) is 14.1 Å². The van der Waals surface area contributed by atoms with Gasteiger partial charge in [0.25, 0.3) is 0 Å². The van der Waals surface area contributed by atoms with Gasteiger partial charge in [-0.3, -0.25) is 0 Å². The molecule has 0 atom stereocenters. The van der Waals surface area contributed by atoms with Gasteiger partial charge in [0, 0.05) is 29.2 Å². The first-order valence-electron chi connectivity index (χ1n) is 7.52. The number of para-hydroxylation sites is 1. The Morgan fingerprint density at radius 3 is 2.43 bits per heavy atom. The molecule has 2 nitrogen and oxygen atoms in total. The predicted molar refractivity (Wildman–Crippen MR) is 90.5 cm³/mol. The lowest BCUT2D eigenvalue weighted by Crippen LogP contribution is -2.11. The molecule has 2 heteroatoms. The van der Waals surface area contributed by atoms with E-state index >= 15 is 0 Å². The Kier molecular flexibility index (Phi) is 3.80. The minimum atomic E-state index is 0.955. The smallest absolute Gasteiger partial charge is 0.0492 e. The number of hydrogen-bond donors (Lipinski definition) is 1. The standard InChI is InChI=1S/C19H22N2/c1-4-14-9-7-11-17-18(12-20-19(14)17)16-10-6-5-8-15(16)13-21(2)3/h5-12,20H,4,13H2,1-3H3. The van der Waals surface area contributed by atoms with Crippen molar-refractivity contribution in [2.45, 2.75) is 19.9 Å². The van der Waals surface area contributed by atoms with E-state index in [1.807, 2.05) is 0 Å². The van der Waals surface area contributed by atoms with Crippen LogP contribution in [0.4, 0.5) is 0 Å².